The SMILES string of the molecule is Cc1ccc2c(c1C)N(C(=O)OC(C)(C)C)[C@H](C(=O)O)[C@@H]1CC=C[C@H]21. The van der Waals surface area contributed by atoms with Crippen LogP contribution >= 0.6 is 0 Å². The van der Waals surface area contributed by atoms with Crippen LogP contribution in [-0.4, -0.2) is 28.8 Å². The summed E-state index contributed by atoms with van der Waals surface area (Å²) in [6.07, 6.45) is 4.14. The number of benzene rings is 1. The number of amides is 1. The zero-order valence-corrected chi connectivity index (χ0v) is 15.4. The highest BCUT2D eigenvalue weighted by Gasteiger charge is 2.49. The molecule has 2 aliphatic rings. The summed E-state index contributed by atoms with van der Waals surface area (Å²) in [7, 11) is 0. The molecule has 25 heavy (non-hydrogen) atoms. The first-order valence-corrected chi connectivity index (χ1v) is 8.63. The lowest BCUT2D eigenvalue weighted by atomic mass is 9.77. The molecule has 0 radical (unpaired) electrons. The first-order valence-electron chi connectivity index (χ1n) is 8.63. The number of carbonyl (C=O) groups excluding carboxylic acids is 1. The number of carboxylic acid groups (broad SMARTS) is 1. The second kappa shape index (κ2) is 5.90. The molecule has 134 valence electrons. The summed E-state index contributed by atoms with van der Waals surface area (Å²) in [5, 5.41) is 9.91. The maximum Gasteiger partial charge on any atom is 0.415 e. The molecule has 1 heterocycles. The minimum Gasteiger partial charge on any atom is -0.480 e. The van der Waals surface area contributed by atoms with Gasteiger partial charge in [-0.2, -0.15) is 0 Å². The van der Waals surface area contributed by atoms with Gasteiger partial charge in [-0.05, 0) is 57.7 Å². The van der Waals surface area contributed by atoms with Crippen molar-refractivity contribution in [1.82, 2.24) is 0 Å². The molecule has 0 aromatic heterocycles. The van der Waals surface area contributed by atoms with Crippen LogP contribution in [0.15, 0.2) is 24.3 Å². The molecule has 0 fully saturated rings. The molecule has 1 aliphatic heterocycles. The summed E-state index contributed by atoms with van der Waals surface area (Å²) >= 11 is 0. The molecule has 3 rings (SSSR count). The minimum atomic E-state index is -0.990. The molecule has 0 unspecified atom stereocenters. The van der Waals surface area contributed by atoms with Crippen molar-refractivity contribution in [3.05, 3.63) is 41.0 Å². The Labute approximate surface area is 148 Å². The Morgan fingerprint density at radius 1 is 1.24 bits per heavy atom. The Bertz CT molecular complexity index is 760. The Morgan fingerprint density at radius 2 is 1.92 bits per heavy atom. The molecule has 1 N–H and O–H groups in total. The van der Waals surface area contributed by atoms with Crippen LogP contribution in [0.3, 0.4) is 0 Å². The van der Waals surface area contributed by atoms with E-state index in [2.05, 4.69) is 6.08 Å². The number of allylic oxidation sites excluding steroid dienone is 2. The van der Waals surface area contributed by atoms with Gasteiger partial charge in [0.1, 0.15) is 11.6 Å². The van der Waals surface area contributed by atoms with E-state index in [-0.39, 0.29) is 11.8 Å². The summed E-state index contributed by atoms with van der Waals surface area (Å²) < 4.78 is 5.56. The number of carboxylic acids is 1. The standard InChI is InChI=1S/C20H25NO4/c1-11-9-10-15-13-7-6-8-14(13)17(18(22)23)21(16(15)12(11)2)19(24)25-20(3,4)5/h6-7,9-10,13-14,17H,8H2,1-5H3,(H,22,23)/t13-,14+,17-/m0/s1. The van der Waals surface area contributed by atoms with Gasteiger partial charge in [-0.15, -0.1) is 0 Å². The molecule has 1 aliphatic carbocycles. The predicted molar refractivity (Wildman–Crippen MR) is 96.0 cm³/mol. The topological polar surface area (TPSA) is 66.8 Å². The second-order valence-corrected chi connectivity index (χ2v) is 7.93. The number of aliphatic carboxylic acids is 1. The number of hydrogen-bond donors (Lipinski definition) is 1. The zero-order chi connectivity index (χ0) is 18.5. The van der Waals surface area contributed by atoms with Gasteiger partial charge >= 0.3 is 12.1 Å². The number of anilines is 1. The number of nitrogens with zero attached hydrogens (tertiary/aromatic N) is 1. The van der Waals surface area contributed by atoms with E-state index in [0.717, 1.165) is 16.7 Å². The van der Waals surface area contributed by atoms with Gasteiger partial charge in [0, 0.05) is 11.8 Å². The van der Waals surface area contributed by atoms with Crippen LogP contribution in [0.2, 0.25) is 0 Å². The van der Waals surface area contributed by atoms with E-state index in [9.17, 15) is 14.7 Å². The van der Waals surface area contributed by atoms with E-state index in [0.29, 0.717) is 12.1 Å². The number of aryl methyl sites for hydroxylation is 1. The lowest BCUT2D eigenvalue weighted by molar-refractivity contribution is -0.140. The molecule has 0 bridgehead atoms. The molecule has 0 saturated carbocycles. The first kappa shape index (κ1) is 17.5. The minimum absolute atomic E-state index is 0.0223. The average Bonchev–Trinajstić information content (AvgIpc) is 2.96. The Balaban J connectivity index is 2.20. The van der Waals surface area contributed by atoms with Gasteiger partial charge in [0.25, 0.3) is 0 Å². The van der Waals surface area contributed by atoms with Crippen molar-refractivity contribution in [1.29, 1.82) is 0 Å². The van der Waals surface area contributed by atoms with Crippen LogP contribution in [0, 0.1) is 19.8 Å². The molecule has 3 atom stereocenters. The molecular weight excluding hydrogens is 318 g/mol. The first-order chi connectivity index (χ1) is 11.6. The number of ether oxygens (including phenoxy) is 1. The monoisotopic (exact) mass is 343 g/mol. The van der Waals surface area contributed by atoms with Gasteiger partial charge in [0.15, 0.2) is 0 Å². The van der Waals surface area contributed by atoms with Crippen LogP contribution in [0.5, 0.6) is 0 Å². The zero-order valence-electron chi connectivity index (χ0n) is 15.4. The molecule has 1 aromatic carbocycles. The van der Waals surface area contributed by atoms with E-state index in [1.165, 1.54) is 4.90 Å². The van der Waals surface area contributed by atoms with Crippen LogP contribution in [0.25, 0.3) is 0 Å². The van der Waals surface area contributed by atoms with Gasteiger partial charge in [-0.25, -0.2) is 9.59 Å². The lowest BCUT2D eigenvalue weighted by Gasteiger charge is -2.43. The van der Waals surface area contributed by atoms with Gasteiger partial charge < -0.3 is 9.84 Å². The van der Waals surface area contributed by atoms with Crippen molar-refractivity contribution in [2.24, 2.45) is 5.92 Å². The van der Waals surface area contributed by atoms with Crippen molar-refractivity contribution >= 4 is 17.7 Å². The fraction of sp³-hybridized carbons (Fsp3) is 0.500. The van der Waals surface area contributed by atoms with E-state index < -0.39 is 23.7 Å². The van der Waals surface area contributed by atoms with Crippen molar-refractivity contribution in [3.63, 3.8) is 0 Å². The maximum atomic E-state index is 13.0. The van der Waals surface area contributed by atoms with Crippen LogP contribution in [0.4, 0.5) is 10.5 Å². The fourth-order valence-electron chi connectivity index (χ4n) is 3.88. The third-order valence-corrected chi connectivity index (χ3v) is 5.07. The summed E-state index contributed by atoms with van der Waals surface area (Å²) in [4.78, 5) is 26.4. The van der Waals surface area contributed by atoms with Crippen LogP contribution in [-0.2, 0) is 9.53 Å². The molecule has 1 amide bonds. The largest absolute Gasteiger partial charge is 0.480 e. The van der Waals surface area contributed by atoms with E-state index in [1.807, 2.05) is 32.1 Å². The predicted octanol–water partition coefficient (Wildman–Crippen LogP) is 4.17. The molecule has 5 heteroatoms. The number of hydrogen-bond acceptors (Lipinski definition) is 3. The quantitative estimate of drug-likeness (QED) is 0.777. The average molecular weight is 343 g/mol. The van der Waals surface area contributed by atoms with Crippen molar-refractivity contribution in [3.8, 4) is 0 Å². The third kappa shape index (κ3) is 2.92. The van der Waals surface area contributed by atoms with Crippen LogP contribution in [0.1, 0.15) is 49.8 Å². The van der Waals surface area contributed by atoms with E-state index >= 15 is 0 Å². The van der Waals surface area contributed by atoms with E-state index in [1.54, 1.807) is 20.8 Å². The fourth-order valence-corrected chi connectivity index (χ4v) is 3.88. The number of fused-ring (bicyclic) bond motifs is 3. The number of carbonyl (C=O) groups is 2. The maximum absolute atomic E-state index is 13.0. The summed E-state index contributed by atoms with van der Waals surface area (Å²) in [6.45, 7) is 9.26. The van der Waals surface area contributed by atoms with Crippen LogP contribution < -0.4 is 4.90 Å². The van der Waals surface area contributed by atoms with Gasteiger partial charge in [0.2, 0.25) is 0 Å². The normalized spacial score (nSPS) is 24.7. The Kier molecular flexibility index (Phi) is 4.13. The summed E-state index contributed by atoms with van der Waals surface area (Å²) in [5.74, 6) is -1.13. The molecule has 0 saturated heterocycles. The summed E-state index contributed by atoms with van der Waals surface area (Å²) in [6, 6.07) is 3.12. The lowest BCUT2D eigenvalue weighted by Crippen LogP contribution is -2.54. The molecule has 0 spiro atoms. The van der Waals surface area contributed by atoms with Crippen molar-refractivity contribution < 1.29 is 19.4 Å². The van der Waals surface area contributed by atoms with Crippen molar-refractivity contribution in [2.75, 3.05) is 4.90 Å². The van der Waals surface area contributed by atoms with Gasteiger partial charge in [0.05, 0.1) is 5.69 Å². The number of rotatable bonds is 1. The van der Waals surface area contributed by atoms with Crippen molar-refractivity contribution in [2.45, 2.75) is 58.6 Å². The van der Waals surface area contributed by atoms with Gasteiger partial charge in [-0.1, -0.05) is 24.3 Å². The molecule has 5 nitrogen and oxygen atoms in total. The van der Waals surface area contributed by atoms with Gasteiger partial charge in [-0.3, -0.25) is 4.90 Å². The molecular formula is C20H25NO4. The third-order valence-electron chi connectivity index (χ3n) is 5.07. The highest BCUT2D eigenvalue weighted by atomic mass is 16.6. The van der Waals surface area contributed by atoms with E-state index in [4.69, 9.17) is 4.74 Å². The Hall–Kier alpha value is -2.30. The molecule has 1 aromatic rings. The smallest absolute Gasteiger partial charge is 0.415 e. The highest BCUT2D eigenvalue weighted by Crippen LogP contribution is 2.49. The second-order valence-electron chi connectivity index (χ2n) is 7.93. The Morgan fingerprint density at radius 3 is 2.52 bits per heavy atom. The summed E-state index contributed by atoms with van der Waals surface area (Å²) in [5.41, 5.74) is 2.95. The highest BCUT2D eigenvalue weighted by molar-refractivity contribution is 5.98.